The molecule has 0 aliphatic rings. The van der Waals surface area contributed by atoms with Gasteiger partial charge in [-0.1, -0.05) is 140 Å². The van der Waals surface area contributed by atoms with Crippen LogP contribution in [-0.2, 0) is 0 Å². The van der Waals surface area contributed by atoms with Crippen LogP contribution in [0.25, 0.3) is 109 Å². The molecule has 4 heteroatoms. The van der Waals surface area contributed by atoms with Gasteiger partial charge >= 0.3 is 0 Å². The van der Waals surface area contributed by atoms with Crippen LogP contribution in [0.2, 0.25) is 0 Å². The maximum atomic E-state index is 5.28. The van der Waals surface area contributed by atoms with Crippen LogP contribution in [-0.4, -0.2) is 15.0 Å². The maximum absolute atomic E-state index is 5.28. The molecule has 0 fully saturated rings. The maximum Gasteiger partial charge on any atom is 0.161 e. The number of benzene rings is 8. The van der Waals surface area contributed by atoms with Crippen molar-refractivity contribution >= 4 is 74.7 Å². The van der Waals surface area contributed by atoms with E-state index in [1.165, 1.54) is 52.5 Å². The van der Waals surface area contributed by atoms with E-state index in [0.717, 1.165) is 56.1 Å². The summed E-state index contributed by atoms with van der Waals surface area (Å²) in [6.07, 6.45) is 0. The number of pyridine rings is 1. The number of rotatable bonds is 4. The fourth-order valence-corrected chi connectivity index (χ4v) is 9.06. The molecule has 0 unspecified atom stereocenters. The van der Waals surface area contributed by atoms with Crippen molar-refractivity contribution in [2.45, 2.75) is 0 Å². The first kappa shape index (κ1) is 28.4. The second-order valence-corrected chi connectivity index (χ2v) is 14.2. The Hall–Kier alpha value is -6.49. The van der Waals surface area contributed by atoms with E-state index in [-0.39, 0.29) is 0 Å². The molecule has 0 radical (unpaired) electrons. The lowest BCUT2D eigenvalue weighted by atomic mass is 9.91. The number of para-hydroxylation sites is 1. The highest BCUT2D eigenvalue weighted by Gasteiger charge is 2.18. The number of fused-ring (bicyclic) bond motifs is 5. The van der Waals surface area contributed by atoms with E-state index in [1.807, 2.05) is 17.4 Å². The zero-order chi connectivity index (χ0) is 33.5. The lowest BCUT2D eigenvalue weighted by molar-refractivity contribution is 1.19. The third-order valence-electron chi connectivity index (χ3n) is 10.2. The van der Waals surface area contributed by atoms with Crippen molar-refractivity contribution in [2.24, 2.45) is 0 Å². The average Bonchev–Trinajstić information content (AvgIpc) is 3.60. The summed E-state index contributed by atoms with van der Waals surface area (Å²) in [6.45, 7) is 0. The topological polar surface area (TPSA) is 38.7 Å². The van der Waals surface area contributed by atoms with Crippen molar-refractivity contribution in [1.29, 1.82) is 0 Å². The molecule has 0 N–H and O–H groups in total. The lowest BCUT2D eigenvalue weighted by Gasteiger charge is -2.15. The van der Waals surface area contributed by atoms with Gasteiger partial charge in [0.15, 0.2) is 5.82 Å². The van der Waals surface area contributed by atoms with Gasteiger partial charge in [-0.15, -0.1) is 11.3 Å². The van der Waals surface area contributed by atoms with Crippen molar-refractivity contribution in [3.05, 3.63) is 164 Å². The van der Waals surface area contributed by atoms with E-state index in [2.05, 4.69) is 158 Å². The average molecular weight is 666 g/mol. The molecule has 8 aromatic carbocycles. The molecule has 11 aromatic rings. The fourth-order valence-electron chi connectivity index (χ4n) is 7.82. The minimum absolute atomic E-state index is 0.719. The van der Waals surface area contributed by atoms with Crippen molar-refractivity contribution in [2.75, 3.05) is 0 Å². The van der Waals surface area contributed by atoms with Gasteiger partial charge in [0.1, 0.15) is 0 Å². The monoisotopic (exact) mass is 665 g/mol. The molecule has 11 rings (SSSR count). The quantitative estimate of drug-likeness (QED) is 0.176. The summed E-state index contributed by atoms with van der Waals surface area (Å²) >= 11 is 1.84. The lowest BCUT2D eigenvalue weighted by Crippen LogP contribution is -1.97. The third-order valence-corrected chi connectivity index (χ3v) is 11.4. The molecule has 0 spiro atoms. The van der Waals surface area contributed by atoms with Crippen LogP contribution in [0.5, 0.6) is 0 Å². The molecule has 0 saturated heterocycles. The smallest absolute Gasteiger partial charge is 0.161 e. The highest BCUT2D eigenvalue weighted by molar-refractivity contribution is 7.26. The first-order valence-electron chi connectivity index (χ1n) is 17.2. The molecule has 51 heavy (non-hydrogen) atoms. The summed E-state index contributed by atoms with van der Waals surface area (Å²) in [7, 11) is 0. The van der Waals surface area contributed by atoms with Crippen LogP contribution < -0.4 is 0 Å². The fraction of sp³-hybridized carbons (Fsp3) is 0. The van der Waals surface area contributed by atoms with Crippen molar-refractivity contribution in [1.82, 2.24) is 15.0 Å². The zero-order valence-corrected chi connectivity index (χ0v) is 28.2. The zero-order valence-electron chi connectivity index (χ0n) is 27.3. The SMILES string of the molecule is c1ccc(-c2cc(-c3ccc(-c4nc5ccccc5c5sc6ccccc6c45)cc3)nc(-c3ccc4ccc5cccc6ccc3c4c56)n2)cc1. The van der Waals surface area contributed by atoms with Gasteiger partial charge in [0.2, 0.25) is 0 Å². The number of thiophene rings is 1. The van der Waals surface area contributed by atoms with Gasteiger partial charge < -0.3 is 0 Å². The van der Waals surface area contributed by atoms with Crippen molar-refractivity contribution < 1.29 is 0 Å². The number of aromatic nitrogens is 3. The number of hydrogen-bond donors (Lipinski definition) is 0. The molecular formula is C47H27N3S. The molecular weight excluding hydrogens is 639 g/mol. The van der Waals surface area contributed by atoms with Gasteiger partial charge in [0, 0.05) is 47.8 Å². The molecule has 0 saturated carbocycles. The summed E-state index contributed by atoms with van der Waals surface area (Å²) < 4.78 is 2.55. The molecule has 3 aromatic heterocycles. The van der Waals surface area contributed by atoms with E-state index in [4.69, 9.17) is 15.0 Å². The van der Waals surface area contributed by atoms with Crippen LogP contribution >= 0.6 is 11.3 Å². The summed E-state index contributed by atoms with van der Waals surface area (Å²) in [5, 5.41) is 11.1. The Bertz CT molecular complexity index is 3110. The Labute approximate surface area is 297 Å². The van der Waals surface area contributed by atoms with Crippen molar-refractivity contribution in [3.8, 4) is 45.2 Å². The normalized spacial score (nSPS) is 11.9. The Morgan fingerprint density at radius 1 is 0.392 bits per heavy atom. The molecule has 0 atom stereocenters. The van der Waals surface area contributed by atoms with E-state index in [0.29, 0.717) is 0 Å². The van der Waals surface area contributed by atoms with E-state index in [1.54, 1.807) is 0 Å². The highest BCUT2D eigenvalue weighted by atomic mass is 32.1. The Balaban J connectivity index is 1.10. The van der Waals surface area contributed by atoms with E-state index in [9.17, 15) is 0 Å². The van der Waals surface area contributed by atoms with Crippen LogP contribution in [0, 0.1) is 0 Å². The first-order valence-corrected chi connectivity index (χ1v) is 18.0. The second-order valence-electron chi connectivity index (χ2n) is 13.2. The second kappa shape index (κ2) is 11.0. The van der Waals surface area contributed by atoms with Gasteiger partial charge in [-0.3, -0.25) is 0 Å². The highest BCUT2D eigenvalue weighted by Crippen LogP contribution is 2.43. The van der Waals surface area contributed by atoms with Gasteiger partial charge in [0.25, 0.3) is 0 Å². The molecule has 0 bridgehead atoms. The molecule has 0 amide bonds. The summed E-state index contributed by atoms with van der Waals surface area (Å²) in [4.78, 5) is 15.7. The van der Waals surface area contributed by atoms with Crippen LogP contribution in [0.3, 0.4) is 0 Å². The van der Waals surface area contributed by atoms with Gasteiger partial charge in [-0.25, -0.2) is 15.0 Å². The summed E-state index contributed by atoms with van der Waals surface area (Å²) in [5.41, 5.74) is 8.01. The Morgan fingerprint density at radius 3 is 1.82 bits per heavy atom. The minimum Gasteiger partial charge on any atom is -0.247 e. The predicted molar refractivity (Wildman–Crippen MR) is 216 cm³/mol. The summed E-state index contributed by atoms with van der Waals surface area (Å²) in [6, 6.07) is 58.2. The third kappa shape index (κ3) is 4.40. The van der Waals surface area contributed by atoms with Crippen molar-refractivity contribution in [3.63, 3.8) is 0 Å². The van der Waals surface area contributed by atoms with Crippen LogP contribution in [0.4, 0.5) is 0 Å². The minimum atomic E-state index is 0.719. The molecule has 3 nitrogen and oxygen atoms in total. The molecule has 0 aliphatic heterocycles. The Kier molecular flexibility index (Phi) is 6.12. The standard InChI is InChI=1S/C47H27N3S/c1-2-9-28(10-3-1)39-27-40(50-47(49-39)35-26-24-32-20-19-30-11-8-12-31-23-25-34(35)43(32)42(30)31)29-17-21-33(22-18-29)45-44-37-14-5-7-16-41(37)51-46(44)36-13-4-6-15-38(36)48-45/h1-27H. The molecule has 236 valence electrons. The summed E-state index contributed by atoms with van der Waals surface area (Å²) in [5.74, 6) is 0.719. The number of nitrogens with zero attached hydrogens (tertiary/aromatic N) is 3. The van der Waals surface area contributed by atoms with Gasteiger partial charge in [0.05, 0.1) is 22.6 Å². The van der Waals surface area contributed by atoms with Crippen LogP contribution in [0.1, 0.15) is 0 Å². The number of hydrogen-bond acceptors (Lipinski definition) is 4. The first-order chi connectivity index (χ1) is 25.3. The van der Waals surface area contributed by atoms with Crippen LogP contribution in [0.15, 0.2) is 164 Å². The van der Waals surface area contributed by atoms with E-state index >= 15 is 0 Å². The molecule has 0 aliphatic carbocycles. The van der Waals surface area contributed by atoms with Gasteiger partial charge in [-0.05, 0) is 56.6 Å². The predicted octanol–water partition coefficient (Wildman–Crippen LogP) is 13.0. The van der Waals surface area contributed by atoms with E-state index < -0.39 is 0 Å². The molecule has 3 heterocycles. The Morgan fingerprint density at radius 2 is 1.02 bits per heavy atom. The van der Waals surface area contributed by atoms with Gasteiger partial charge in [-0.2, -0.15) is 0 Å². The largest absolute Gasteiger partial charge is 0.247 e.